The molecule has 7 nitrogen and oxygen atoms in total. The van der Waals surface area contributed by atoms with Crippen molar-refractivity contribution in [1.29, 1.82) is 5.41 Å². The highest BCUT2D eigenvalue weighted by molar-refractivity contribution is 6.31. The number of anilines is 1. The number of hydrogen-bond acceptors (Lipinski definition) is 5. The Hall–Kier alpha value is -3.40. The van der Waals surface area contributed by atoms with Crippen molar-refractivity contribution in [3.05, 3.63) is 93.1 Å². The van der Waals surface area contributed by atoms with E-state index in [1.807, 2.05) is 20.8 Å². The summed E-state index contributed by atoms with van der Waals surface area (Å²) in [6.07, 6.45) is 2.56. The molecule has 1 unspecified atom stereocenters. The van der Waals surface area contributed by atoms with Gasteiger partial charge >= 0.3 is 5.97 Å². The maximum atomic E-state index is 15.7. The zero-order chi connectivity index (χ0) is 29.4. The Labute approximate surface area is 240 Å². The molecular weight excluding hydrogens is 561 g/mol. The Morgan fingerprint density at radius 1 is 1.18 bits per heavy atom. The topological polar surface area (TPSA) is 115 Å². The predicted molar refractivity (Wildman–Crippen MR) is 151 cm³/mol. The lowest BCUT2D eigenvalue weighted by molar-refractivity contribution is -0.118. The Morgan fingerprint density at radius 3 is 2.48 bits per heavy atom. The molecule has 0 saturated carbocycles. The number of aromatic nitrogens is 1. The molecule has 1 saturated heterocycles. The van der Waals surface area contributed by atoms with Crippen LogP contribution in [0, 0.1) is 22.5 Å². The molecule has 4 N–H and O–H groups in total. The van der Waals surface area contributed by atoms with Gasteiger partial charge < -0.3 is 21.1 Å². The third kappa shape index (κ3) is 5.59. The van der Waals surface area contributed by atoms with Crippen LogP contribution in [0.5, 0.6) is 0 Å². The second kappa shape index (κ2) is 11.2. The predicted octanol–water partition coefficient (Wildman–Crippen LogP) is 6.45. The van der Waals surface area contributed by atoms with Crippen molar-refractivity contribution < 1.29 is 23.5 Å². The maximum Gasteiger partial charge on any atom is 0.337 e. The molecule has 210 valence electrons. The standard InChI is InChI=1S/C29H28Cl2F2N4O3/c1-28(2,3)12-21-29(14-34,18-9-8-16(30)11-20(18)32)23(17-5-4-6-19(31)24(17)33)25(36-21)26(38)37-22-10-7-15(13-35-22)27(39)40/h4-11,13-14,21,23,25,34,36H,12H2,1-3H3,(H,39,40)(H,35,37,38)/t21-,23?,25+,29-/m0/s1. The molecule has 4 atom stereocenters. The van der Waals surface area contributed by atoms with Gasteiger partial charge in [-0.05, 0) is 47.7 Å². The monoisotopic (exact) mass is 588 g/mol. The molecule has 1 amide bonds. The third-order valence-corrected chi connectivity index (χ3v) is 7.65. The lowest BCUT2D eigenvalue weighted by atomic mass is 9.62. The van der Waals surface area contributed by atoms with Gasteiger partial charge in [0, 0.05) is 35.0 Å². The first-order valence-electron chi connectivity index (χ1n) is 12.5. The van der Waals surface area contributed by atoms with Crippen LogP contribution in [0.4, 0.5) is 14.6 Å². The Bertz CT molecular complexity index is 1460. The molecule has 40 heavy (non-hydrogen) atoms. The number of rotatable bonds is 7. The van der Waals surface area contributed by atoms with Crippen molar-refractivity contribution in [3.8, 4) is 0 Å². The second-order valence-corrected chi connectivity index (χ2v) is 11.9. The summed E-state index contributed by atoms with van der Waals surface area (Å²) in [5.41, 5.74) is -1.83. The van der Waals surface area contributed by atoms with Crippen LogP contribution in [0.1, 0.15) is 54.6 Å². The van der Waals surface area contributed by atoms with Crippen LogP contribution in [0.2, 0.25) is 10.0 Å². The summed E-state index contributed by atoms with van der Waals surface area (Å²) in [7, 11) is 0. The molecule has 2 aromatic carbocycles. The van der Waals surface area contributed by atoms with E-state index >= 15 is 8.78 Å². The molecule has 1 fully saturated rings. The van der Waals surface area contributed by atoms with Crippen LogP contribution < -0.4 is 10.6 Å². The van der Waals surface area contributed by atoms with Crippen LogP contribution in [-0.4, -0.2) is 40.3 Å². The number of nitrogens with zero attached hydrogens (tertiary/aromatic N) is 1. The fraction of sp³-hybridized carbons (Fsp3) is 0.310. The normalized spacial score (nSPS) is 22.6. The first kappa shape index (κ1) is 29.6. The van der Waals surface area contributed by atoms with Gasteiger partial charge in [0.2, 0.25) is 5.91 Å². The lowest BCUT2D eigenvalue weighted by Gasteiger charge is -2.40. The summed E-state index contributed by atoms with van der Waals surface area (Å²) in [5.74, 6) is -4.34. The van der Waals surface area contributed by atoms with E-state index in [4.69, 9.17) is 33.7 Å². The van der Waals surface area contributed by atoms with Gasteiger partial charge in [0.15, 0.2) is 0 Å². The first-order valence-corrected chi connectivity index (χ1v) is 13.2. The largest absolute Gasteiger partial charge is 0.478 e. The van der Waals surface area contributed by atoms with Crippen molar-refractivity contribution in [2.45, 2.75) is 50.6 Å². The number of nitrogens with one attached hydrogen (secondary N) is 3. The average molecular weight is 589 g/mol. The summed E-state index contributed by atoms with van der Waals surface area (Å²) in [4.78, 5) is 29.0. The van der Waals surface area contributed by atoms with Crippen molar-refractivity contribution in [3.63, 3.8) is 0 Å². The summed E-state index contributed by atoms with van der Waals surface area (Å²) in [6, 6.07) is 9.21. The van der Waals surface area contributed by atoms with E-state index < -0.39 is 46.9 Å². The van der Waals surface area contributed by atoms with E-state index in [0.717, 1.165) is 18.5 Å². The number of hydrogen-bond donors (Lipinski definition) is 4. The fourth-order valence-electron chi connectivity index (χ4n) is 5.47. The lowest BCUT2D eigenvalue weighted by Crippen LogP contribution is -2.46. The molecule has 1 aromatic heterocycles. The van der Waals surface area contributed by atoms with Crippen molar-refractivity contribution in [2.75, 3.05) is 5.32 Å². The minimum absolute atomic E-state index is 0.0311. The molecular formula is C29H28Cl2F2N4O3. The van der Waals surface area contributed by atoms with Gasteiger partial charge in [0.05, 0.1) is 22.0 Å². The third-order valence-electron chi connectivity index (χ3n) is 7.12. The number of carboxylic acids is 1. The minimum Gasteiger partial charge on any atom is -0.478 e. The number of amides is 1. The van der Waals surface area contributed by atoms with Crippen LogP contribution in [-0.2, 0) is 10.2 Å². The van der Waals surface area contributed by atoms with E-state index in [1.165, 1.54) is 42.5 Å². The zero-order valence-electron chi connectivity index (χ0n) is 21.9. The minimum atomic E-state index is -1.53. The molecule has 11 heteroatoms. The van der Waals surface area contributed by atoms with Crippen LogP contribution >= 0.6 is 23.2 Å². The van der Waals surface area contributed by atoms with Gasteiger partial charge in [0.25, 0.3) is 0 Å². The Balaban J connectivity index is 1.92. The number of aromatic carboxylic acids is 1. The van der Waals surface area contributed by atoms with Crippen molar-refractivity contribution in [2.24, 2.45) is 5.41 Å². The van der Waals surface area contributed by atoms with Gasteiger partial charge in [-0.2, -0.15) is 0 Å². The Morgan fingerprint density at radius 2 is 1.90 bits per heavy atom. The summed E-state index contributed by atoms with van der Waals surface area (Å²) < 4.78 is 31.4. The molecule has 3 aromatic rings. The summed E-state index contributed by atoms with van der Waals surface area (Å²) >= 11 is 12.2. The van der Waals surface area contributed by atoms with Crippen molar-refractivity contribution in [1.82, 2.24) is 10.3 Å². The number of carbonyl (C=O) groups excluding carboxylic acids is 1. The van der Waals surface area contributed by atoms with E-state index in [9.17, 15) is 9.59 Å². The van der Waals surface area contributed by atoms with Crippen molar-refractivity contribution >= 4 is 47.1 Å². The quantitative estimate of drug-likeness (QED) is 0.237. The van der Waals surface area contributed by atoms with E-state index in [2.05, 4.69) is 15.6 Å². The van der Waals surface area contributed by atoms with Crippen LogP contribution in [0.15, 0.2) is 54.7 Å². The number of carbonyl (C=O) groups is 2. The molecule has 4 rings (SSSR count). The number of carboxylic acid groups (broad SMARTS) is 1. The molecule has 1 aliphatic heterocycles. The van der Waals surface area contributed by atoms with Gasteiger partial charge in [-0.25, -0.2) is 18.6 Å². The molecule has 1 aliphatic rings. The highest BCUT2D eigenvalue weighted by Gasteiger charge is 2.59. The van der Waals surface area contributed by atoms with Gasteiger partial charge in [-0.1, -0.05) is 62.2 Å². The summed E-state index contributed by atoms with van der Waals surface area (Å²) in [6.45, 7) is 5.91. The zero-order valence-corrected chi connectivity index (χ0v) is 23.4. The van der Waals surface area contributed by atoms with Gasteiger partial charge in [-0.15, -0.1) is 0 Å². The average Bonchev–Trinajstić information content (AvgIpc) is 3.19. The SMILES string of the molecule is CC(C)(C)C[C@@H]1N[C@@H](C(=O)Nc2ccc(C(=O)O)cn2)C(c2cccc(Cl)c2F)[C@@]1(C=N)c1ccc(Cl)cc1F. The molecule has 0 bridgehead atoms. The number of benzene rings is 2. The van der Waals surface area contributed by atoms with E-state index in [0.29, 0.717) is 6.42 Å². The summed E-state index contributed by atoms with van der Waals surface area (Å²) in [5, 5.41) is 23.7. The molecule has 0 radical (unpaired) electrons. The maximum absolute atomic E-state index is 15.7. The smallest absolute Gasteiger partial charge is 0.337 e. The van der Waals surface area contributed by atoms with Gasteiger partial charge in [-0.3, -0.25) is 4.79 Å². The van der Waals surface area contributed by atoms with Crippen LogP contribution in [0.25, 0.3) is 0 Å². The Kier molecular flexibility index (Phi) is 8.31. The highest BCUT2D eigenvalue weighted by atomic mass is 35.5. The van der Waals surface area contributed by atoms with Gasteiger partial charge in [0.1, 0.15) is 17.5 Å². The van der Waals surface area contributed by atoms with E-state index in [-0.39, 0.29) is 38.0 Å². The number of pyridine rings is 1. The molecule has 0 spiro atoms. The first-order chi connectivity index (χ1) is 18.8. The fourth-order valence-corrected chi connectivity index (χ4v) is 5.81. The number of halogens is 4. The molecule has 0 aliphatic carbocycles. The second-order valence-electron chi connectivity index (χ2n) is 11.0. The van der Waals surface area contributed by atoms with Crippen LogP contribution in [0.3, 0.4) is 0 Å². The molecule has 2 heterocycles. The highest BCUT2D eigenvalue weighted by Crippen LogP contribution is 2.52. The van der Waals surface area contributed by atoms with E-state index in [1.54, 1.807) is 0 Å².